The predicted octanol–water partition coefficient (Wildman–Crippen LogP) is 2.01. The molecule has 0 aromatic carbocycles. The quantitative estimate of drug-likeness (QED) is 0.919. The number of carboxylic acids is 1. The van der Waals surface area contributed by atoms with Crippen molar-refractivity contribution < 1.29 is 14.7 Å². The van der Waals surface area contributed by atoms with E-state index in [-0.39, 0.29) is 5.91 Å². The Morgan fingerprint density at radius 1 is 1.61 bits per heavy atom. The van der Waals surface area contributed by atoms with Gasteiger partial charge in [0.15, 0.2) is 6.04 Å². The van der Waals surface area contributed by atoms with Crippen molar-refractivity contribution in [2.45, 2.75) is 18.9 Å². The Bertz CT molecular complexity index is 458. The lowest BCUT2D eigenvalue weighted by molar-refractivity contribution is -0.151. The van der Waals surface area contributed by atoms with Crippen molar-refractivity contribution in [3.8, 4) is 0 Å². The third-order valence-electron chi connectivity index (χ3n) is 3.04. The van der Waals surface area contributed by atoms with E-state index in [4.69, 9.17) is 0 Å². The number of fused-ring (bicyclic) bond motifs is 1. The second-order valence-electron chi connectivity index (χ2n) is 4.12. The highest BCUT2D eigenvalue weighted by Gasteiger charge is 2.36. The van der Waals surface area contributed by atoms with Crippen molar-refractivity contribution in [1.82, 2.24) is 4.90 Å². The van der Waals surface area contributed by atoms with Crippen molar-refractivity contribution >= 4 is 35.0 Å². The molecule has 0 radical (unpaired) electrons. The number of carboxylic acid groups (broad SMARTS) is 1. The van der Waals surface area contributed by atoms with Gasteiger partial charge in [-0.15, -0.1) is 11.3 Å². The second kappa shape index (κ2) is 5.75. The largest absolute Gasteiger partial charge is 0.479 e. The fourth-order valence-corrected chi connectivity index (χ4v) is 3.47. The van der Waals surface area contributed by atoms with E-state index in [0.717, 1.165) is 22.6 Å². The van der Waals surface area contributed by atoms with Crippen LogP contribution >= 0.6 is 23.1 Å². The monoisotopic (exact) mass is 285 g/mol. The first-order valence-corrected chi connectivity index (χ1v) is 8.00. The van der Waals surface area contributed by atoms with E-state index >= 15 is 0 Å². The van der Waals surface area contributed by atoms with Gasteiger partial charge in [0.2, 0.25) is 5.91 Å². The Kier molecular flexibility index (Phi) is 4.29. The average molecular weight is 285 g/mol. The summed E-state index contributed by atoms with van der Waals surface area (Å²) >= 11 is 3.17. The standard InChI is InChI=1S/C12H15NO3S2/c1-17-6-4-10(14)13-5-2-9-8(3-7-18-9)11(13)12(15)16/h3,7,11H,2,4-6H2,1H3,(H,15,16). The summed E-state index contributed by atoms with van der Waals surface area (Å²) in [7, 11) is 0. The summed E-state index contributed by atoms with van der Waals surface area (Å²) in [5.41, 5.74) is 0.788. The topological polar surface area (TPSA) is 57.6 Å². The third-order valence-corrected chi connectivity index (χ3v) is 4.65. The lowest BCUT2D eigenvalue weighted by atomic mass is 10.00. The van der Waals surface area contributed by atoms with Gasteiger partial charge >= 0.3 is 5.97 Å². The van der Waals surface area contributed by atoms with Gasteiger partial charge in [-0.3, -0.25) is 4.79 Å². The van der Waals surface area contributed by atoms with Crippen LogP contribution in [0.1, 0.15) is 22.9 Å². The second-order valence-corrected chi connectivity index (χ2v) is 6.11. The van der Waals surface area contributed by atoms with Gasteiger partial charge in [0.1, 0.15) is 0 Å². The van der Waals surface area contributed by atoms with Gasteiger partial charge in [0.05, 0.1) is 0 Å². The fraction of sp³-hybridized carbons (Fsp3) is 0.500. The normalized spacial score (nSPS) is 18.5. The molecule has 1 unspecified atom stereocenters. The van der Waals surface area contributed by atoms with E-state index in [2.05, 4.69) is 0 Å². The van der Waals surface area contributed by atoms with Crippen molar-refractivity contribution in [1.29, 1.82) is 0 Å². The molecule has 1 aliphatic heterocycles. The molecule has 1 amide bonds. The molecule has 0 aliphatic carbocycles. The maximum atomic E-state index is 12.1. The van der Waals surface area contributed by atoms with Crippen LogP contribution in [0.5, 0.6) is 0 Å². The molecule has 98 valence electrons. The highest BCUT2D eigenvalue weighted by Crippen LogP contribution is 2.33. The van der Waals surface area contributed by atoms with Gasteiger partial charge in [-0.1, -0.05) is 0 Å². The van der Waals surface area contributed by atoms with Crippen LogP contribution in [-0.4, -0.2) is 40.4 Å². The number of thiophene rings is 1. The summed E-state index contributed by atoms with van der Waals surface area (Å²) in [5, 5.41) is 11.3. The Labute approximate surface area is 114 Å². The Morgan fingerprint density at radius 2 is 2.39 bits per heavy atom. The van der Waals surface area contributed by atoms with E-state index in [1.807, 2.05) is 17.7 Å². The molecule has 0 fully saturated rings. The van der Waals surface area contributed by atoms with Crippen LogP contribution in [0.4, 0.5) is 0 Å². The van der Waals surface area contributed by atoms with Crippen LogP contribution < -0.4 is 0 Å². The molecule has 2 rings (SSSR count). The van der Waals surface area contributed by atoms with Gasteiger partial charge < -0.3 is 10.0 Å². The smallest absolute Gasteiger partial charge is 0.331 e. The molecule has 0 saturated heterocycles. The van der Waals surface area contributed by atoms with Crippen molar-refractivity contribution in [2.24, 2.45) is 0 Å². The summed E-state index contributed by atoms with van der Waals surface area (Å²) in [4.78, 5) is 26.1. The summed E-state index contributed by atoms with van der Waals surface area (Å²) in [6, 6.07) is 1.03. The van der Waals surface area contributed by atoms with Crippen LogP contribution in [0, 0.1) is 0 Å². The molecule has 1 aliphatic rings. The number of amides is 1. The van der Waals surface area contributed by atoms with E-state index in [1.165, 1.54) is 4.90 Å². The summed E-state index contributed by atoms with van der Waals surface area (Å²) in [6.45, 7) is 0.512. The predicted molar refractivity (Wildman–Crippen MR) is 73.1 cm³/mol. The third kappa shape index (κ3) is 2.54. The first kappa shape index (κ1) is 13.4. The molecule has 6 heteroatoms. The van der Waals surface area contributed by atoms with E-state index in [9.17, 15) is 14.7 Å². The van der Waals surface area contributed by atoms with Gasteiger partial charge in [-0.2, -0.15) is 11.8 Å². The minimum absolute atomic E-state index is 0.0615. The number of nitrogens with zero attached hydrogens (tertiary/aromatic N) is 1. The molecule has 4 nitrogen and oxygen atoms in total. The Morgan fingerprint density at radius 3 is 3.06 bits per heavy atom. The SMILES string of the molecule is CSCCC(=O)N1CCc2sccc2C1C(=O)O. The summed E-state index contributed by atoms with van der Waals surface area (Å²) < 4.78 is 0. The number of thioether (sulfide) groups is 1. The zero-order valence-corrected chi connectivity index (χ0v) is 11.7. The molecule has 2 heterocycles. The van der Waals surface area contributed by atoms with Crippen LogP contribution in [0.3, 0.4) is 0 Å². The van der Waals surface area contributed by atoms with Crippen LogP contribution in [0.2, 0.25) is 0 Å². The lowest BCUT2D eigenvalue weighted by Crippen LogP contribution is -2.43. The molecule has 1 atom stereocenters. The van der Waals surface area contributed by atoms with Gasteiger partial charge in [-0.25, -0.2) is 4.79 Å². The number of hydrogen-bond donors (Lipinski definition) is 1. The molecular formula is C12H15NO3S2. The molecule has 0 saturated carbocycles. The zero-order chi connectivity index (χ0) is 13.1. The first-order valence-electron chi connectivity index (χ1n) is 5.72. The summed E-state index contributed by atoms with van der Waals surface area (Å²) in [5.74, 6) is -0.265. The fourth-order valence-electron chi connectivity index (χ4n) is 2.18. The van der Waals surface area contributed by atoms with Gasteiger partial charge in [-0.05, 0) is 29.7 Å². The van der Waals surface area contributed by atoms with Crippen LogP contribution in [0.15, 0.2) is 11.4 Å². The molecule has 1 aromatic rings. The maximum absolute atomic E-state index is 12.1. The van der Waals surface area contributed by atoms with E-state index < -0.39 is 12.0 Å². The number of carbonyl (C=O) groups excluding carboxylic acids is 1. The highest BCUT2D eigenvalue weighted by atomic mass is 32.2. The van der Waals surface area contributed by atoms with Crippen LogP contribution in [-0.2, 0) is 16.0 Å². The molecular weight excluding hydrogens is 270 g/mol. The Balaban J connectivity index is 2.21. The van der Waals surface area contributed by atoms with E-state index in [0.29, 0.717) is 13.0 Å². The lowest BCUT2D eigenvalue weighted by Gasteiger charge is -2.33. The number of aliphatic carboxylic acids is 1. The number of hydrogen-bond acceptors (Lipinski definition) is 4. The number of carbonyl (C=O) groups is 2. The molecule has 18 heavy (non-hydrogen) atoms. The van der Waals surface area contributed by atoms with Crippen molar-refractivity contribution in [3.05, 3.63) is 21.9 Å². The maximum Gasteiger partial charge on any atom is 0.331 e. The summed E-state index contributed by atoms with van der Waals surface area (Å²) in [6.07, 6.45) is 3.11. The average Bonchev–Trinajstić information content (AvgIpc) is 2.82. The molecule has 0 spiro atoms. The van der Waals surface area contributed by atoms with Gasteiger partial charge in [0.25, 0.3) is 0 Å². The first-order chi connectivity index (χ1) is 8.65. The minimum atomic E-state index is -0.938. The van der Waals surface area contributed by atoms with E-state index in [1.54, 1.807) is 23.1 Å². The number of rotatable bonds is 4. The zero-order valence-electron chi connectivity index (χ0n) is 10.1. The van der Waals surface area contributed by atoms with Crippen LogP contribution in [0.25, 0.3) is 0 Å². The minimum Gasteiger partial charge on any atom is -0.479 e. The Hall–Kier alpha value is -1.01. The molecule has 0 bridgehead atoms. The molecule has 1 aromatic heterocycles. The molecule has 1 N–H and O–H groups in total. The highest BCUT2D eigenvalue weighted by molar-refractivity contribution is 7.98. The van der Waals surface area contributed by atoms with Crippen molar-refractivity contribution in [2.75, 3.05) is 18.6 Å². The van der Waals surface area contributed by atoms with Gasteiger partial charge in [0, 0.05) is 23.6 Å². The van der Waals surface area contributed by atoms with Crippen molar-refractivity contribution in [3.63, 3.8) is 0 Å².